The van der Waals surface area contributed by atoms with Crippen LogP contribution in [0.3, 0.4) is 0 Å². The summed E-state index contributed by atoms with van der Waals surface area (Å²) in [5.74, 6) is -0.896. The highest BCUT2D eigenvalue weighted by Crippen LogP contribution is 2.31. The lowest BCUT2D eigenvalue weighted by Crippen LogP contribution is -2.39. The van der Waals surface area contributed by atoms with E-state index in [1.807, 2.05) is 6.26 Å². The summed E-state index contributed by atoms with van der Waals surface area (Å²) in [4.78, 5) is 11.7. The van der Waals surface area contributed by atoms with Crippen molar-refractivity contribution in [2.45, 2.75) is 12.5 Å². The Bertz CT molecular complexity index is 453. The van der Waals surface area contributed by atoms with E-state index < -0.39 is 17.7 Å². The van der Waals surface area contributed by atoms with E-state index in [2.05, 4.69) is 10.6 Å². The van der Waals surface area contributed by atoms with Gasteiger partial charge in [0.1, 0.15) is 17.5 Å². The number of amides is 1. The molecule has 0 saturated heterocycles. The van der Waals surface area contributed by atoms with Crippen LogP contribution in [0.2, 0.25) is 0 Å². The van der Waals surface area contributed by atoms with Crippen LogP contribution in [-0.2, 0) is 4.79 Å². The molecule has 0 bridgehead atoms. The molecule has 1 unspecified atom stereocenters. The average molecular weight is 258 g/mol. The first-order valence-corrected chi connectivity index (χ1v) is 6.56. The van der Waals surface area contributed by atoms with E-state index in [4.69, 9.17) is 0 Å². The number of hydrogen-bond acceptors (Lipinski definition) is 3. The normalized spacial score (nSPS) is 18.3. The largest absolute Gasteiger partial charge is 0.372 e. The minimum Gasteiger partial charge on any atom is -0.372 e. The summed E-state index contributed by atoms with van der Waals surface area (Å²) in [6.45, 7) is 0. The molecule has 92 valence electrons. The Balaban J connectivity index is 2.24. The van der Waals surface area contributed by atoms with Crippen LogP contribution in [0.1, 0.15) is 6.42 Å². The van der Waals surface area contributed by atoms with E-state index in [1.54, 1.807) is 11.8 Å². The van der Waals surface area contributed by atoms with Crippen molar-refractivity contribution in [2.75, 3.05) is 22.6 Å². The summed E-state index contributed by atoms with van der Waals surface area (Å²) in [6.07, 6.45) is 2.55. The van der Waals surface area contributed by atoms with Gasteiger partial charge in [0.25, 0.3) is 0 Å². The van der Waals surface area contributed by atoms with Gasteiger partial charge in [-0.05, 0) is 24.5 Å². The maximum absolute atomic E-state index is 13.4. The SMILES string of the molecule is CSCCC1Nc2cc(F)cc(F)c2NC1=O. The van der Waals surface area contributed by atoms with E-state index in [9.17, 15) is 13.6 Å². The van der Waals surface area contributed by atoms with Crippen LogP contribution in [-0.4, -0.2) is 24.0 Å². The maximum atomic E-state index is 13.4. The molecule has 2 N–H and O–H groups in total. The van der Waals surface area contributed by atoms with Crippen LogP contribution in [0.25, 0.3) is 0 Å². The van der Waals surface area contributed by atoms with Crippen LogP contribution < -0.4 is 10.6 Å². The highest BCUT2D eigenvalue weighted by molar-refractivity contribution is 7.98. The molecule has 0 aliphatic carbocycles. The molecule has 6 heteroatoms. The van der Waals surface area contributed by atoms with Crippen LogP contribution in [0.5, 0.6) is 0 Å². The molecule has 1 aliphatic heterocycles. The number of benzene rings is 1. The van der Waals surface area contributed by atoms with Gasteiger partial charge in [0.05, 0.1) is 5.69 Å². The third-order valence-electron chi connectivity index (χ3n) is 2.56. The van der Waals surface area contributed by atoms with Crippen LogP contribution >= 0.6 is 11.8 Å². The molecule has 2 rings (SSSR count). The van der Waals surface area contributed by atoms with Gasteiger partial charge >= 0.3 is 0 Å². The van der Waals surface area contributed by atoms with E-state index >= 15 is 0 Å². The first kappa shape index (κ1) is 12.2. The lowest BCUT2D eigenvalue weighted by atomic mass is 10.1. The van der Waals surface area contributed by atoms with Crippen molar-refractivity contribution in [3.63, 3.8) is 0 Å². The summed E-state index contributed by atoms with van der Waals surface area (Å²) >= 11 is 1.62. The number of hydrogen-bond donors (Lipinski definition) is 2. The summed E-state index contributed by atoms with van der Waals surface area (Å²) in [5, 5.41) is 5.32. The monoisotopic (exact) mass is 258 g/mol. The zero-order valence-corrected chi connectivity index (χ0v) is 10.0. The smallest absolute Gasteiger partial charge is 0.247 e. The van der Waals surface area contributed by atoms with E-state index in [-0.39, 0.29) is 11.6 Å². The minimum atomic E-state index is -0.760. The topological polar surface area (TPSA) is 41.1 Å². The van der Waals surface area contributed by atoms with Crippen molar-refractivity contribution in [1.29, 1.82) is 0 Å². The second-order valence-corrected chi connectivity index (χ2v) is 4.76. The molecule has 17 heavy (non-hydrogen) atoms. The third-order valence-corrected chi connectivity index (χ3v) is 3.20. The number of halogens is 2. The summed E-state index contributed by atoms with van der Waals surface area (Å²) < 4.78 is 26.4. The van der Waals surface area contributed by atoms with Crippen molar-refractivity contribution >= 4 is 29.0 Å². The number of carbonyl (C=O) groups is 1. The van der Waals surface area contributed by atoms with E-state index in [0.717, 1.165) is 11.8 Å². The van der Waals surface area contributed by atoms with Gasteiger partial charge in [-0.3, -0.25) is 4.79 Å². The molecule has 1 amide bonds. The van der Waals surface area contributed by atoms with E-state index in [1.165, 1.54) is 6.07 Å². The Morgan fingerprint density at radius 1 is 1.41 bits per heavy atom. The fourth-order valence-corrected chi connectivity index (χ4v) is 2.19. The van der Waals surface area contributed by atoms with Crippen molar-refractivity contribution < 1.29 is 13.6 Å². The molecule has 0 aromatic heterocycles. The fraction of sp³-hybridized carbons (Fsp3) is 0.364. The number of anilines is 2. The molecule has 1 heterocycles. The molecule has 1 aromatic rings. The molecular weight excluding hydrogens is 246 g/mol. The fourth-order valence-electron chi connectivity index (χ4n) is 1.72. The number of carbonyl (C=O) groups excluding carboxylic acids is 1. The highest BCUT2D eigenvalue weighted by atomic mass is 32.2. The molecule has 1 aliphatic rings. The summed E-state index contributed by atoms with van der Waals surface area (Å²) in [5.41, 5.74) is 0.324. The average Bonchev–Trinajstić information content (AvgIpc) is 2.27. The quantitative estimate of drug-likeness (QED) is 0.875. The molecule has 0 saturated carbocycles. The minimum absolute atomic E-state index is 0.0248. The van der Waals surface area contributed by atoms with Gasteiger partial charge in [0.2, 0.25) is 5.91 Å². The van der Waals surface area contributed by atoms with Crippen molar-refractivity contribution in [2.24, 2.45) is 0 Å². The van der Waals surface area contributed by atoms with Crippen LogP contribution in [0.15, 0.2) is 12.1 Å². The highest BCUT2D eigenvalue weighted by Gasteiger charge is 2.27. The standard InChI is InChI=1S/C11H12F2N2OS/c1-17-3-2-8-11(16)15-10-7(13)4-6(12)5-9(10)14-8/h4-5,8,14H,2-3H2,1H3,(H,15,16). The molecule has 0 spiro atoms. The lowest BCUT2D eigenvalue weighted by molar-refractivity contribution is -0.117. The van der Waals surface area contributed by atoms with Gasteiger partial charge in [-0.1, -0.05) is 0 Å². The Morgan fingerprint density at radius 3 is 2.88 bits per heavy atom. The number of fused-ring (bicyclic) bond motifs is 1. The van der Waals surface area contributed by atoms with Crippen molar-refractivity contribution in [1.82, 2.24) is 0 Å². The van der Waals surface area contributed by atoms with Crippen molar-refractivity contribution in [3.8, 4) is 0 Å². The Kier molecular flexibility index (Phi) is 3.51. The Hall–Kier alpha value is -1.30. The summed E-state index contributed by atoms with van der Waals surface area (Å²) in [6, 6.07) is 1.50. The van der Waals surface area contributed by atoms with Crippen LogP contribution in [0.4, 0.5) is 20.2 Å². The maximum Gasteiger partial charge on any atom is 0.247 e. The van der Waals surface area contributed by atoms with Gasteiger partial charge in [-0.25, -0.2) is 8.78 Å². The van der Waals surface area contributed by atoms with Gasteiger partial charge in [0.15, 0.2) is 5.82 Å². The first-order valence-electron chi connectivity index (χ1n) is 5.17. The number of thioether (sulfide) groups is 1. The molecule has 1 aromatic carbocycles. The molecule has 0 fully saturated rings. The predicted molar refractivity (Wildman–Crippen MR) is 65.4 cm³/mol. The van der Waals surface area contributed by atoms with Crippen LogP contribution in [0, 0.1) is 11.6 Å². The molecule has 1 atom stereocenters. The van der Waals surface area contributed by atoms with Gasteiger partial charge in [0, 0.05) is 6.07 Å². The second-order valence-electron chi connectivity index (χ2n) is 3.78. The predicted octanol–water partition coefficient (Wildman–Crippen LogP) is 2.45. The zero-order chi connectivity index (χ0) is 12.4. The van der Waals surface area contributed by atoms with Gasteiger partial charge in [-0.15, -0.1) is 0 Å². The summed E-state index contributed by atoms with van der Waals surface area (Å²) in [7, 11) is 0. The zero-order valence-electron chi connectivity index (χ0n) is 9.22. The Morgan fingerprint density at radius 2 is 2.18 bits per heavy atom. The third kappa shape index (κ3) is 2.52. The van der Waals surface area contributed by atoms with Gasteiger partial charge in [-0.2, -0.15) is 11.8 Å². The lowest BCUT2D eigenvalue weighted by Gasteiger charge is -2.26. The second kappa shape index (κ2) is 4.91. The number of nitrogens with one attached hydrogen (secondary N) is 2. The van der Waals surface area contributed by atoms with Crippen molar-refractivity contribution in [3.05, 3.63) is 23.8 Å². The number of rotatable bonds is 3. The Labute approximate surface area is 102 Å². The first-order chi connectivity index (χ1) is 8.11. The molecular formula is C11H12F2N2OS. The molecule has 3 nitrogen and oxygen atoms in total. The van der Waals surface area contributed by atoms with E-state index in [0.29, 0.717) is 12.1 Å². The van der Waals surface area contributed by atoms with Gasteiger partial charge < -0.3 is 10.6 Å². The molecule has 0 radical (unpaired) electrons.